The zero-order chi connectivity index (χ0) is 13.9. The predicted octanol–water partition coefficient (Wildman–Crippen LogP) is 2.45. The van der Waals surface area contributed by atoms with E-state index < -0.39 is 10.9 Å². The van der Waals surface area contributed by atoms with Crippen molar-refractivity contribution in [3.8, 4) is 0 Å². The van der Waals surface area contributed by atoms with Gasteiger partial charge in [-0.25, -0.2) is 4.79 Å². The van der Waals surface area contributed by atoms with Gasteiger partial charge < -0.3 is 10.0 Å². The molecule has 6 heteroatoms. The molecule has 0 amide bonds. The van der Waals surface area contributed by atoms with Crippen molar-refractivity contribution in [2.24, 2.45) is 0 Å². The van der Waals surface area contributed by atoms with Gasteiger partial charge in [0.25, 0.3) is 5.69 Å². The summed E-state index contributed by atoms with van der Waals surface area (Å²) in [6.07, 6.45) is 0. The SMILES string of the molecule is CCN(CC)c1cc(C)c(C(=O)O)cc1[N+](=O)[O-]. The number of nitro benzene ring substituents is 1. The molecule has 0 saturated heterocycles. The standard InChI is InChI=1S/C12H16N2O4/c1-4-13(5-2)10-6-8(3)9(12(15)16)7-11(10)14(17)18/h6-7H,4-5H2,1-3H3,(H,15,16). The summed E-state index contributed by atoms with van der Waals surface area (Å²) >= 11 is 0. The van der Waals surface area contributed by atoms with Gasteiger partial charge in [0, 0.05) is 19.2 Å². The lowest BCUT2D eigenvalue weighted by atomic mass is 10.1. The van der Waals surface area contributed by atoms with Crippen LogP contribution >= 0.6 is 0 Å². The van der Waals surface area contributed by atoms with E-state index in [1.54, 1.807) is 13.0 Å². The summed E-state index contributed by atoms with van der Waals surface area (Å²) in [5.41, 5.74) is 0.793. The Morgan fingerprint density at radius 3 is 2.33 bits per heavy atom. The van der Waals surface area contributed by atoms with E-state index in [2.05, 4.69) is 0 Å². The van der Waals surface area contributed by atoms with Gasteiger partial charge in [0.2, 0.25) is 0 Å². The van der Waals surface area contributed by atoms with E-state index in [4.69, 9.17) is 5.11 Å². The first-order valence-corrected chi connectivity index (χ1v) is 5.69. The van der Waals surface area contributed by atoms with Crippen molar-refractivity contribution in [3.05, 3.63) is 33.4 Å². The minimum Gasteiger partial charge on any atom is -0.478 e. The third kappa shape index (κ3) is 2.58. The van der Waals surface area contributed by atoms with Crippen molar-refractivity contribution in [3.63, 3.8) is 0 Å². The Kier molecular flexibility index (Phi) is 4.25. The Hall–Kier alpha value is -2.11. The number of benzene rings is 1. The first-order chi connectivity index (χ1) is 8.42. The summed E-state index contributed by atoms with van der Waals surface area (Å²) in [6.45, 7) is 6.69. The molecular formula is C12H16N2O4. The van der Waals surface area contributed by atoms with Gasteiger partial charge in [0.05, 0.1) is 10.5 Å². The molecule has 18 heavy (non-hydrogen) atoms. The van der Waals surface area contributed by atoms with Crippen LogP contribution in [-0.4, -0.2) is 29.1 Å². The fourth-order valence-electron chi connectivity index (χ4n) is 1.88. The molecule has 6 nitrogen and oxygen atoms in total. The van der Waals surface area contributed by atoms with Gasteiger partial charge in [-0.15, -0.1) is 0 Å². The highest BCUT2D eigenvalue weighted by Gasteiger charge is 2.22. The Balaban J connectivity index is 3.47. The second-order valence-electron chi connectivity index (χ2n) is 3.89. The maximum absolute atomic E-state index is 11.0. The van der Waals surface area contributed by atoms with Crippen LogP contribution in [0.3, 0.4) is 0 Å². The van der Waals surface area contributed by atoms with Crippen molar-refractivity contribution in [1.82, 2.24) is 0 Å². The fourth-order valence-corrected chi connectivity index (χ4v) is 1.88. The number of aryl methyl sites for hydroxylation is 1. The van der Waals surface area contributed by atoms with Crippen molar-refractivity contribution in [2.75, 3.05) is 18.0 Å². The molecule has 0 heterocycles. The third-order valence-electron chi connectivity index (χ3n) is 2.85. The molecule has 1 aromatic rings. The number of aromatic carboxylic acids is 1. The predicted molar refractivity (Wildman–Crippen MR) is 68.4 cm³/mol. The smallest absolute Gasteiger partial charge is 0.336 e. The summed E-state index contributed by atoms with van der Waals surface area (Å²) in [6, 6.07) is 2.69. The highest BCUT2D eigenvalue weighted by molar-refractivity contribution is 5.91. The van der Waals surface area contributed by atoms with Crippen LogP contribution in [0.25, 0.3) is 0 Å². The van der Waals surface area contributed by atoms with Crippen LogP contribution in [0.1, 0.15) is 29.8 Å². The summed E-state index contributed by atoms with van der Waals surface area (Å²) in [5.74, 6) is -1.15. The van der Waals surface area contributed by atoms with E-state index in [1.165, 1.54) is 0 Å². The summed E-state index contributed by atoms with van der Waals surface area (Å²) in [7, 11) is 0. The molecule has 1 rings (SSSR count). The maximum Gasteiger partial charge on any atom is 0.336 e. The van der Waals surface area contributed by atoms with E-state index in [0.29, 0.717) is 24.3 Å². The molecule has 0 aliphatic carbocycles. The Bertz CT molecular complexity index is 481. The van der Waals surface area contributed by atoms with Crippen LogP contribution < -0.4 is 4.90 Å². The minimum absolute atomic E-state index is 0.0300. The number of hydrogen-bond acceptors (Lipinski definition) is 4. The van der Waals surface area contributed by atoms with E-state index >= 15 is 0 Å². The average Bonchev–Trinajstić information content (AvgIpc) is 2.29. The van der Waals surface area contributed by atoms with Gasteiger partial charge in [-0.1, -0.05) is 0 Å². The lowest BCUT2D eigenvalue weighted by molar-refractivity contribution is -0.384. The molecule has 1 N–H and O–H groups in total. The molecule has 0 aliphatic heterocycles. The van der Waals surface area contributed by atoms with Crippen molar-refractivity contribution in [1.29, 1.82) is 0 Å². The van der Waals surface area contributed by atoms with Crippen LogP contribution in [0, 0.1) is 17.0 Å². The Morgan fingerprint density at radius 2 is 1.94 bits per heavy atom. The molecule has 0 aliphatic rings. The van der Waals surface area contributed by atoms with E-state index in [0.717, 1.165) is 6.07 Å². The summed E-state index contributed by atoms with van der Waals surface area (Å²) < 4.78 is 0. The molecular weight excluding hydrogens is 236 g/mol. The molecule has 0 spiro atoms. The highest BCUT2D eigenvalue weighted by Crippen LogP contribution is 2.31. The van der Waals surface area contributed by atoms with E-state index in [9.17, 15) is 14.9 Å². The van der Waals surface area contributed by atoms with Crippen LogP contribution in [0.4, 0.5) is 11.4 Å². The van der Waals surface area contributed by atoms with Gasteiger partial charge in [-0.3, -0.25) is 10.1 Å². The molecule has 98 valence electrons. The van der Waals surface area contributed by atoms with E-state index in [-0.39, 0.29) is 11.3 Å². The second kappa shape index (κ2) is 5.48. The zero-order valence-corrected chi connectivity index (χ0v) is 10.6. The number of carboxylic acids is 1. The molecule has 1 aromatic carbocycles. The van der Waals surface area contributed by atoms with Gasteiger partial charge in [-0.05, 0) is 32.4 Å². The molecule has 0 fully saturated rings. The van der Waals surface area contributed by atoms with Gasteiger partial charge in [0.15, 0.2) is 0 Å². The van der Waals surface area contributed by atoms with Crippen molar-refractivity contribution < 1.29 is 14.8 Å². The highest BCUT2D eigenvalue weighted by atomic mass is 16.6. The number of rotatable bonds is 5. The fraction of sp³-hybridized carbons (Fsp3) is 0.417. The monoisotopic (exact) mass is 252 g/mol. The summed E-state index contributed by atoms with van der Waals surface area (Å²) in [4.78, 5) is 23.3. The van der Waals surface area contributed by atoms with Gasteiger partial charge in [-0.2, -0.15) is 0 Å². The lowest BCUT2D eigenvalue weighted by Gasteiger charge is -2.21. The Morgan fingerprint density at radius 1 is 1.39 bits per heavy atom. The average molecular weight is 252 g/mol. The first kappa shape index (κ1) is 14.0. The largest absolute Gasteiger partial charge is 0.478 e. The quantitative estimate of drug-likeness (QED) is 0.642. The van der Waals surface area contributed by atoms with Gasteiger partial charge >= 0.3 is 5.97 Å². The first-order valence-electron chi connectivity index (χ1n) is 5.69. The molecule has 0 radical (unpaired) electrons. The van der Waals surface area contributed by atoms with Crippen molar-refractivity contribution in [2.45, 2.75) is 20.8 Å². The molecule has 0 bridgehead atoms. The number of anilines is 1. The lowest BCUT2D eigenvalue weighted by Crippen LogP contribution is -2.23. The molecule has 0 saturated carbocycles. The minimum atomic E-state index is -1.15. The number of carbonyl (C=O) groups is 1. The second-order valence-corrected chi connectivity index (χ2v) is 3.89. The maximum atomic E-state index is 11.0. The topological polar surface area (TPSA) is 83.7 Å². The van der Waals surface area contributed by atoms with Crippen LogP contribution in [-0.2, 0) is 0 Å². The molecule has 0 unspecified atom stereocenters. The van der Waals surface area contributed by atoms with E-state index in [1.807, 2.05) is 18.7 Å². The normalized spacial score (nSPS) is 10.2. The number of hydrogen-bond donors (Lipinski definition) is 1. The van der Waals surface area contributed by atoms with Crippen molar-refractivity contribution >= 4 is 17.3 Å². The number of nitrogens with zero attached hydrogens (tertiary/aromatic N) is 2. The molecule has 0 aromatic heterocycles. The number of carboxylic acid groups (broad SMARTS) is 1. The zero-order valence-electron chi connectivity index (χ0n) is 10.6. The third-order valence-corrected chi connectivity index (χ3v) is 2.85. The van der Waals surface area contributed by atoms with Crippen LogP contribution in [0.5, 0.6) is 0 Å². The Labute approximate surface area is 105 Å². The summed E-state index contributed by atoms with van der Waals surface area (Å²) in [5, 5.41) is 20.0. The van der Waals surface area contributed by atoms with Crippen LogP contribution in [0.2, 0.25) is 0 Å². The molecule has 0 atom stereocenters. The number of nitro groups is 1. The van der Waals surface area contributed by atoms with Gasteiger partial charge in [0.1, 0.15) is 5.69 Å². The van der Waals surface area contributed by atoms with Crippen LogP contribution in [0.15, 0.2) is 12.1 Å².